The number of hydrogen-bond donors (Lipinski definition) is 1. The molecule has 3 fully saturated rings. The molecule has 0 aromatic heterocycles. The molecule has 2 bridgehead atoms. The summed E-state index contributed by atoms with van der Waals surface area (Å²) in [5, 5.41) is 14.7. The maximum atomic E-state index is 14.5. The molecule has 2 aliphatic carbocycles. The molecule has 1 N–H and O–H groups in total. The van der Waals surface area contributed by atoms with Gasteiger partial charge in [-0.1, -0.05) is 119 Å². The SMILES string of the molecule is C/C=C/CCCCC[C@@H]1C(=O)[C@@H]2CC[C@@H](CO[Si](c3ccccc3)(c3ccccc3)C(C)(C)C)C[C@@H](C2=O)[C@H]1CC(O)C1(CC/C=C/C)SCCCS1. The number of carbonyl (C=O) groups is 2. The van der Waals surface area contributed by atoms with E-state index < -0.39 is 20.3 Å². The quantitative estimate of drug-likeness (QED) is 0.0748. The van der Waals surface area contributed by atoms with E-state index in [1.165, 1.54) is 10.4 Å². The van der Waals surface area contributed by atoms with E-state index in [0.717, 1.165) is 75.7 Å². The number of thioether (sulfide) groups is 2. The van der Waals surface area contributed by atoms with Crippen molar-refractivity contribution in [3.8, 4) is 0 Å². The van der Waals surface area contributed by atoms with Crippen LogP contribution in [0.5, 0.6) is 0 Å². The Kier molecular flexibility index (Phi) is 15.8. The number of allylic oxidation sites excluding steroid dienone is 4. The molecule has 7 heteroatoms. The number of Topliss-reactive ketones (excluding diaryl/α,β-unsaturated/α-hetero) is 2. The highest BCUT2D eigenvalue weighted by Crippen LogP contribution is 2.53. The number of fused-ring (bicyclic) bond motifs is 2. The molecule has 6 atom stereocenters. The van der Waals surface area contributed by atoms with Crippen molar-refractivity contribution in [2.45, 2.75) is 127 Å². The minimum absolute atomic E-state index is 0.132. The highest BCUT2D eigenvalue weighted by molar-refractivity contribution is 8.18. The number of ketones is 2. The van der Waals surface area contributed by atoms with Crippen LogP contribution in [-0.4, -0.2) is 53.3 Å². The average Bonchev–Trinajstić information content (AvgIpc) is 3.29. The minimum Gasteiger partial charge on any atom is -0.407 e. The Balaban J connectivity index is 1.45. The Bertz CT molecular complexity index is 1460. The first kappa shape index (κ1) is 42.2. The molecule has 2 aromatic carbocycles. The monoisotopic (exact) mass is 774 g/mol. The Morgan fingerprint density at radius 1 is 0.868 bits per heavy atom. The number of hydrogen-bond acceptors (Lipinski definition) is 6. The van der Waals surface area contributed by atoms with Crippen molar-refractivity contribution < 1.29 is 19.1 Å². The fourth-order valence-electron chi connectivity index (χ4n) is 9.61. The molecular formula is C46H66O4S2Si. The molecule has 53 heavy (non-hydrogen) atoms. The third kappa shape index (κ3) is 9.92. The third-order valence-electron chi connectivity index (χ3n) is 12.4. The van der Waals surface area contributed by atoms with Crippen molar-refractivity contribution in [2.75, 3.05) is 18.1 Å². The van der Waals surface area contributed by atoms with Crippen LogP contribution >= 0.6 is 23.5 Å². The lowest BCUT2D eigenvalue weighted by atomic mass is 9.62. The predicted molar refractivity (Wildman–Crippen MR) is 230 cm³/mol. The summed E-state index contributed by atoms with van der Waals surface area (Å²) in [4.78, 5) is 29.0. The molecule has 0 radical (unpaired) electrons. The average molecular weight is 775 g/mol. The van der Waals surface area contributed by atoms with Gasteiger partial charge in [-0.15, -0.1) is 23.5 Å². The molecule has 1 heterocycles. The molecule has 2 saturated carbocycles. The lowest BCUT2D eigenvalue weighted by Crippen LogP contribution is -2.66. The number of aliphatic hydroxyl groups is 1. The van der Waals surface area contributed by atoms with E-state index in [0.29, 0.717) is 19.4 Å². The van der Waals surface area contributed by atoms with Gasteiger partial charge in [0.25, 0.3) is 8.32 Å². The number of carbonyl (C=O) groups excluding carboxylic acids is 2. The van der Waals surface area contributed by atoms with Crippen LogP contribution in [0.15, 0.2) is 85.0 Å². The maximum absolute atomic E-state index is 14.5. The Labute approximate surface area is 330 Å². The van der Waals surface area contributed by atoms with Gasteiger partial charge in [-0.2, -0.15) is 0 Å². The van der Waals surface area contributed by atoms with Crippen molar-refractivity contribution in [1.82, 2.24) is 0 Å². The Morgan fingerprint density at radius 3 is 2.09 bits per heavy atom. The first-order chi connectivity index (χ1) is 25.6. The van der Waals surface area contributed by atoms with Gasteiger partial charge in [0.05, 0.1) is 16.1 Å². The van der Waals surface area contributed by atoms with Crippen molar-refractivity contribution in [1.29, 1.82) is 0 Å². The molecule has 1 saturated heterocycles. The van der Waals surface area contributed by atoms with E-state index >= 15 is 0 Å². The standard InChI is InChI=1S/C46H66O4S2Si/c1-6-8-10-11-12-19-26-38-40(33-42(47)46(29-20-9-7-2)51-30-21-31-52-46)41-32-35(27-28-39(43(38)48)44(41)49)34-50-53(45(3,4)5,36-22-15-13-16-23-36)37-24-17-14-18-25-37/h6-9,13-18,22-25,35,38-42,47H,10-12,19-21,26-34H2,1-5H3/b8-6+,9-7+/t35-,38+,39+,40+,41-,42?/m1/s1. The zero-order valence-electron chi connectivity index (χ0n) is 33.1. The summed E-state index contributed by atoms with van der Waals surface area (Å²) in [5.74, 6) is 1.55. The molecule has 1 unspecified atom stereocenters. The van der Waals surface area contributed by atoms with Gasteiger partial charge in [0.1, 0.15) is 11.6 Å². The fourth-order valence-corrected chi connectivity index (χ4v) is 17.6. The smallest absolute Gasteiger partial charge is 0.261 e. The summed E-state index contributed by atoms with van der Waals surface area (Å²) in [6.07, 6.45) is 18.8. The predicted octanol–water partition coefficient (Wildman–Crippen LogP) is 10.2. The van der Waals surface area contributed by atoms with Crippen LogP contribution in [0.4, 0.5) is 0 Å². The van der Waals surface area contributed by atoms with E-state index in [1.54, 1.807) is 0 Å². The molecule has 3 aliphatic rings. The zero-order chi connectivity index (χ0) is 37.9. The summed E-state index contributed by atoms with van der Waals surface area (Å²) >= 11 is 3.83. The van der Waals surface area contributed by atoms with E-state index in [-0.39, 0.29) is 44.4 Å². The van der Waals surface area contributed by atoms with Crippen molar-refractivity contribution >= 4 is 53.8 Å². The van der Waals surface area contributed by atoms with Crippen molar-refractivity contribution in [3.63, 3.8) is 0 Å². The van der Waals surface area contributed by atoms with Crippen molar-refractivity contribution in [3.05, 3.63) is 85.0 Å². The van der Waals surface area contributed by atoms with Crippen LogP contribution in [0.1, 0.15) is 112 Å². The minimum atomic E-state index is -2.76. The first-order valence-electron chi connectivity index (χ1n) is 20.6. The molecule has 0 spiro atoms. The van der Waals surface area contributed by atoms with Crippen LogP contribution in [0.2, 0.25) is 5.04 Å². The number of unbranched alkanes of at least 4 members (excludes halogenated alkanes) is 3. The molecule has 1 aliphatic heterocycles. The van der Waals surface area contributed by atoms with Gasteiger partial charge in [0.2, 0.25) is 0 Å². The third-order valence-corrected chi connectivity index (χ3v) is 21.0. The van der Waals surface area contributed by atoms with Gasteiger partial charge in [-0.25, -0.2) is 0 Å². The summed E-state index contributed by atoms with van der Waals surface area (Å²) in [5.41, 5.74) is 0. The highest BCUT2D eigenvalue weighted by atomic mass is 32.2. The number of aliphatic hydroxyl groups excluding tert-OH is 1. The second-order valence-corrected chi connectivity index (χ2v) is 24.2. The Hall–Kier alpha value is -1.90. The van der Waals surface area contributed by atoms with Crippen LogP contribution in [0, 0.1) is 29.6 Å². The molecule has 5 rings (SSSR count). The lowest BCUT2D eigenvalue weighted by molar-refractivity contribution is -0.147. The fraction of sp³-hybridized carbons (Fsp3) is 0.609. The zero-order valence-corrected chi connectivity index (χ0v) is 35.8. The second-order valence-electron chi connectivity index (χ2n) is 16.8. The van der Waals surface area contributed by atoms with Gasteiger partial charge in [-0.05, 0) is 117 Å². The lowest BCUT2D eigenvalue weighted by Gasteiger charge is -2.45. The van der Waals surface area contributed by atoms with E-state index in [4.69, 9.17) is 4.43 Å². The van der Waals surface area contributed by atoms with Crippen LogP contribution in [0.3, 0.4) is 0 Å². The highest BCUT2D eigenvalue weighted by Gasteiger charge is 2.54. The van der Waals surface area contributed by atoms with Gasteiger partial charge in [0.15, 0.2) is 0 Å². The van der Waals surface area contributed by atoms with Gasteiger partial charge >= 0.3 is 0 Å². The summed E-state index contributed by atoms with van der Waals surface area (Å²) in [6, 6.07) is 21.6. The van der Waals surface area contributed by atoms with Crippen LogP contribution in [-0.2, 0) is 14.0 Å². The first-order valence-corrected chi connectivity index (χ1v) is 24.5. The second kappa shape index (κ2) is 19.8. The molecule has 2 aromatic rings. The topological polar surface area (TPSA) is 63.6 Å². The van der Waals surface area contributed by atoms with Crippen LogP contribution in [0.25, 0.3) is 0 Å². The molecule has 290 valence electrons. The Morgan fingerprint density at radius 2 is 1.49 bits per heavy atom. The maximum Gasteiger partial charge on any atom is 0.261 e. The normalized spacial score (nSPS) is 25.9. The van der Waals surface area contributed by atoms with Crippen molar-refractivity contribution in [2.24, 2.45) is 29.6 Å². The van der Waals surface area contributed by atoms with E-state index in [9.17, 15) is 14.7 Å². The van der Waals surface area contributed by atoms with Crippen LogP contribution < -0.4 is 10.4 Å². The summed E-state index contributed by atoms with van der Waals surface area (Å²) < 4.78 is 7.17. The number of benzene rings is 2. The molecular weight excluding hydrogens is 709 g/mol. The van der Waals surface area contributed by atoms with E-state index in [2.05, 4.69) is 120 Å². The van der Waals surface area contributed by atoms with Gasteiger partial charge in [-0.3, -0.25) is 9.59 Å². The summed E-state index contributed by atoms with van der Waals surface area (Å²) in [6.45, 7) is 11.6. The van der Waals surface area contributed by atoms with E-state index in [1.807, 2.05) is 23.5 Å². The molecule has 0 amide bonds. The van der Waals surface area contributed by atoms with Gasteiger partial charge in [0, 0.05) is 18.4 Å². The number of rotatable bonds is 17. The largest absolute Gasteiger partial charge is 0.407 e. The summed E-state index contributed by atoms with van der Waals surface area (Å²) in [7, 11) is -2.76. The van der Waals surface area contributed by atoms with Gasteiger partial charge < -0.3 is 9.53 Å². The molecule has 4 nitrogen and oxygen atoms in total.